The van der Waals surface area contributed by atoms with Gasteiger partial charge in [0.2, 0.25) is 5.52 Å². The van der Waals surface area contributed by atoms with E-state index in [4.69, 9.17) is 0 Å². The number of aromatic nitrogens is 2. The van der Waals surface area contributed by atoms with Crippen LogP contribution in [0.5, 0.6) is 0 Å². The van der Waals surface area contributed by atoms with Gasteiger partial charge in [0.25, 0.3) is 0 Å². The summed E-state index contributed by atoms with van der Waals surface area (Å²) >= 11 is 0. The van der Waals surface area contributed by atoms with Crippen LogP contribution in [-0.2, 0) is 0 Å². The van der Waals surface area contributed by atoms with Crippen LogP contribution in [0.2, 0.25) is 0 Å². The van der Waals surface area contributed by atoms with Gasteiger partial charge in [-0.3, -0.25) is 10.1 Å². The van der Waals surface area contributed by atoms with Gasteiger partial charge in [-0.05, 0) is 41.4 Å². The molecule has 0 N–H and O–H groups in total. The van der Waals surface area contributed by atoms with Crippen LogP contribution in [0, 0.1) is 24.0 Å². The third-order valence-corrected chi connectivity index (χ3v) is 3.27. The molecule has 0 aliphatic heterocycles. The van der Waals surface area contributed by atoms with E-state index < -0.39 is 4.92 Å². The van der Waals surface area contributed by atoms with Crippen molar-refractivity contribution in [3.63, 3.8) is 0 Å². The molecule has 0 aliphatic carbocycles. The highest BCUT2D eigenvalue weighted by Crippen LogP contribution is 2.34. The molecule has 100 valence electrons. The standard InChI is InChI=1S/C14H11N3O3/c1-8-3-4-9(2)11(7-8)10-5-6-12(17(18)19)14-13(10)15-20-16-14/h3-7H,1-2H3. The summed E-state index contributed by atoms with van der Waals surface area (Å²) in [6.45, 7) is 3.97. The quantitative estimate of drug-likeness (QED) is 0.526. The van der Waals surface area contributed by atoms with E-state index in [1.807, 2.05) is 32.0 Å². The van der Waals surface area contributed by atoms with Crippen LogP contribution in [0.15, 0.2) is 35.0 Å². The van der Waals surface area contributed by atoms with Crippen LogP contribution in [0.4, 0.5) is 5.69 Å². The Morgan fingerprint density at radius 2 is 1.80 bits per heavy atom. The Morgan fingerprint density at radius 1 is 1.05 bits per heavy atom. The first-order valence-electron chi connectivity index (χ1n) is 6.05. The van der Waals surface area contributed by atoms with Crippen LogP contribution >= 0.6 is 0 Å². The van der Waals surface area contributed by atoms with E-state index >= 15 is 0 Å². The van der Waals surface area contributed by atoms with Gasteiger partial charge in [0.05, 0.1) is 4.92 Å². The summed E-state index contributed by atoms with van der Waals surface area (Å²) in [4.78, 5) is 10.5. The molecule has 6 nitrogen and oxygen atoms in total. The van der Waals surface area contributed by atoms with Crippen LogP contribution in [0.1, 0.15) is 11.1 Å². The summed E-state index contributed by atoms with van der Waals surface area (Å²) in [6.07, 6.45) is 0. The molecule has 0 bridgehead atoms. The summed E-state index contributed by atoms with van der Waals surface area (Å²) in [5.74, 6) is 0. The summed E-state index contributed by atoms with van der Waals surface area (Å²) in [6, 6.07) is 9.16. The number of hydrogen-bond donors (Lipinski definition) is 0. The molecule has 0 aliphatic rings. The van der Waals surface area contributed by atoms with Crippen molar-refractivity contribution in [3.05, 3.63) is 51.6 Å². The fourth-order valence-electron chi connectivity index (χ4n) is 2.24. The summed E-state index contributed by atoms with van der Waals surface area (Å²) in [5, 5.41) is 18.4. The van der Waals surface area contributed by atoms with E-state index in [0.29, 0.717) is 5.52 Å². The molecule has 6 heteroatoms. The second-order valence-corrected chi connectivity index (χ2v) is 4.67. The van der Waals surface area contributed by atoms with Gasteiger partial charge in [-0.15, -0.1) is 0 Å². The van der Waals surface area contributed by atoms with Crippen molar-refractivity contribution in [3.8, 4) is 11.1 Å². The van der Waals surface area contributed by atoms with Crippen LogP contribution in [-0.4, -0.2) is 15.2 Å². The molecule has 1 aromatic heterocycles. The van der Waals surface area contributed by atoms with Crippen molar-refractivity contribution in [1.29, 1.82) is 0 Å². The second kappa shape index (κ2) is 4.41. The lowest BCUT2D eigenvalue weighted by molar-refractivity contribution is -0.383. The first kappa shape index (κ1) is 12.3. The molecule has 20 heavy (non-hydrogen) atoms. The Balaban J connectivity index is 2.33. The summed E-state index contributed by atoms with van der Waals surface area (Å²) in [7, 11) is 0. The minimum atomic E-state index is -0.487. The third-order valence-electron chi connectivity index (χ3n) is 3.27. The maximum absolute atomic E-state index is 11.0. The first-order chi connectivity index (χ1) is 9.58. The number of nitro benzene ring substituents is 1. The molecule has 0 amide bonds. The minimum absolute atomic E-state index is 0.102. The smallest absolute Gasteiger partial charge is 0.258 e. The number of rotatable bonds is 2. The number of nitrogens with zero attached hydrogens (tertiary/aromatic N) is 3. The van der Waals surface area contributed by atoms with Crippen molar-refractivity contribution in [1.82, 2.24) is 10.3 Å². The molecule has 0 unspecified atom stereocenters. The Bertz CT molecular complexity index is 824. The normalized spacial score (nSPS) is 10.9. The Kier molecular flexibility index (Phi) is 2.71. The lowest BCUT2D eigenvalue weighted by Crippen LogP contribution is -1.92. The van der Waals surface area contributed by atoms with Gasteiger partial charge in [-0.25, -0.2) is 4.63 Å². The molecule has 3 rings (SSSR count). The first-order valence-corrected chi connectivity index (χ1v) is 6.05. The molecule has 0 fully saturated rings. The maximum atomic E-state index is 11.0. The van der Waals surface area contributed by atoms with Gasteiger partial charge in [0, 0.05) is 11.6 Å². The maximum Gasteiger partial charge on any atom is 0.300 e. The summed E-state index contributed by atoms with van der Waals surface area (Å²) in [5.41, 5.74) is 4.41. The number of fused-ring (bicyclic) bond motifs is 1. The summed E-state index contributed by atoms with van der Waals surface area (Å²) < 4.78 is 4.68. The highest BCUT2D eigenvalue weighted by atomic mass is 16.6. The van der Waals surface area contributed by atoms with Crippen molar-refractivity contribution in [2.75, 3.05) is 0 Å². The van der Waals surface area contributed by atoms with Crippen molar-refractivity contribution in [2.45, 2.75) is 13.8 Å². The SMILES string of the molecule is Cc1ccc(C)c(-c2ccc([N+](=O)[O-])c3nonc23)c1. The average molecular weight is 269 g/mol. The molecule has 0 atom stereocenters. The zero-order valence-corrected chi connectivity index (χ0v) is 11.0. The lowest BCUT2D eigenvalue weighted by atomic mass is 9.97. The number of aryl methyl sites for hydroxylation is 2. The Morgan fingerprint density at radius 3 is 2.55 bits per heavy atom. The number of nitro groups is 1. The fourth-order valence-corrected chi connectivity index (χ4v) is 2.24. The molecule has 1 heterocycles. The molecule has 0 saturated heterocycles. The molecule has 3 aromatic rings. The van der Waals surface area contributed by atoms with E-state index in [-0.39, 0.29) is 11.2 Å². The van der Waals surface area contributed by atoms with E-state index in [9.17, 15) is 10.1 Å². The van der Waals surface area contributed by atoms with Gasteiger partial charge in [0.1, 0.15) is 5.52 Å². The van der Waals surface area contributed by atoms with E-state index in [2.05, 4.69) is 14.9 Å². The van der Waals surface area contributed by atoms with Gasteiger partial charge in [-0.2, -0.15) is 0 Å². The zero-order valence-electron chi connectivity index (χ0n) is 11.0. The number of non-ortho nitro benzene ring substituents is 1. The molecular weight excluding hydrogens is 258 g/mol. The van der Waals surface area contributed by atoms with Crippen LogP contribution in [0.25, 0.3) is 22.2 Å². The minimum Gasteiger partial charge on any atom is -0.258 e. The largest absolute Gasteiger partial charge is 0.300 e. The monoisotopic (exact) mass is 269 g/mol. The van der Waals surface area contributed by atoms with Crippen molar-refractivity contribution >= 4 is 16.7 Å². The molecule has 0 spiro atoms. The van der Waals surface area contributed by atoms with Gasteiger partial charge in [-0.1, -0.05) is 23.8 Å². The number of hydrogen-bond acceptors (Lipinski definition) is 5. The predicted molar refractivity (Wildman–Crippen MR) is 73.4 cm³/mol. The fraction of sp³-hybridized carbons (Fsp3) is 0.143. The molecule has 0 saturated carbocycles. The van der Waals surface area contributed by atoms with Gasteiger partial charge < -0.3 is 0 Å². The lowest BCUT2D eigenvalue weighted by Gasteiger charge is -2.07. The second-order valence-electron chi connectivity index (χ2n) is 4.67. The molecule has 0 radical (unpaired) electrons. The van der Waals surface area contributed by atoms with E-state index in [0.717, 1.165) is 22.3 Å². The highest BCUT2D eigenvalue weighted by Gasteiger charge is 2.20. The van der Waals surface area contributed by atoms with Gasteiger partial charge >= 0.3 is 5.69 Å². The Labute approximate surface area is 114 Å². The van der Waals surface area contributed by atoms with Crippen molar-refractivity contribution < 1.29 is 9.55 Å². The molecule has 2 aromatic carbocycles. The third kappa shape index (κ3) is 1.82. The average Bonchev–Trinajstić information content (AvgIpc) is 2.89. The van der Waals surface area contributed by atoms with E-state index in [1.165, 1.54) is 6.07 Å². The van der Waals surface area contributed by atoms with Crippen molar-refractivity contribution in [2.24, 2.45) is 0 Å². The van der Waals surface area contributed by atoms with E-state index in [1.54, 1.807) is 6.07 Å². The topological polar surface area (TPSA) is 82.1 Å². The molecular formula is C14H11N3O3. The number of benzene rings is 2. The predicted octanol–water partition coefficient (Wildman–Crippen LogP) is 3.41. The van der Waals surface area contributed by atoms with Crippen LogP contribution < -0.4 is 0 Å². The highest BCUT2D eigenvalue weighted by molar-refractivity contribution is 5.96. The Hall–Kier alpha value is -2.76. The zero-order chi connectivity index (χ0) is 14.3. The van der Waals surface area contributed by atoms with Crippen LogP contribution in [0.3, 0.4) is 0 Å². The van der Waals surface area contributed by atoms with Gasteiger partial charge in [0.15, 0.2) is 0 Å².